The van der Waals surface area contributed by atoms with Crippen molar-refractivity contribution < 1.29 is 0 Å². The van der Waals surface area contributed by atoms with E-state index in [1.54, 1.807) is 0 Å². The third kappa shape index (κ3) is 1.85. The highest BCUT2D eigenvalue weighted by molar-refractivity contribution is 5.82. The second-order valence-electron chi connectivity index (χ2n) is 5.13. The van der Waals surface area contributed by atoms with Crippen molar-refractivity contribution in [2.24, 2.45) is 11.7 Å². The van der Waals surface area contributed by atoms with Crippen molar-refractivity contribution in [2.45, 2.75) is 25.4 Å². The lowest BCUT2D eigenvalue weighted by atomic mass is 9.86. The van der Waals surface area contributed by atoms with Crippen LogP contribution in [0, 0.1) is 5.92 Å². The van der Waals surface area contributed by atoms with Crippen LogP contribution in [0.25, 0.3) is 10.9 Å². The first kappa shape index (κ1) is 10.8. The van der Waals surface area contributed by atoms with E-state index in [9.17, 15) is 0 Å². The maximum Gasteiger partial charge on any atom is 0.0502 e. The fourth-order valence-electron chi connectivity index (χ4n) is 2.75. The van der Waals surface area contributed by atoms with Gasteiger partial charge in [-0.15, -0.1) is 0 Å². The summed E-state index contributed by atoms with van der Waals surface area (Å²) in [4.78, 5) is 3.34. The first-order chi connectivity index (χ1) is 8.25. The van der Waals surface area contributed by atoms with Gasteiger partial charge in [0.2, 0.25) is 0 Å². The van der Waals surface area contributed by atoms with Crippen LogP contribution in [0.2, 0.25) is 0 Å². The molecule has 1 fully saturated rings. The molecule has 0 spiro atoms. The van der Waals surface area contributed by atoms with E-state index in [0.29, 0.717) is 12.0 Å². The minimum Gasteiger partial charge on any atom is -0.361 e. The summed E-state index contributed by atoms with van der Waals surface area (Å²) in [6, 6.07) is 9.32. The molecule has 1 saturated heterocycles. The molecule has 1 aliphatic heterocycles. The molecular formula is C14H19N3. The number of aromatic amines is 1. The molecule has 3 nitrogen and oxygen atoms in total. The quantitative estimate of drug-likeness (QED) is 0.702. The van der Waals surface area contributed by atoms with Crippen LogP contribution >= 0.6 is 0 Å². The molecule has 0 aliphatic carbocycles. The lowest BCUT2D eigenvalue weighted by molar-refractivity contribution is 0.287. The number of fused-ring (bicyclic) bond motifs is 1. The number of hydrogen-bond donors (Lipinski definition) is 3. The van der Waals surface area contributed by atoms with E-state index in [-0.39, 0.29) is 6.04 Å². The van der Waals surface area contributed by atoms with Crippen LogP contribution in [0.4, 0.5) is 0 Å². The Morgan fingerprint density at radius 2 is 2.18 bits per heavy atom. The van der Waals surface area contributed by atoms with Gasteiger partial charge in [0.05, 0.1) is 5.52 Å². The molecule has 0 saturated carbocycles. The summed E-state index contributed by atoms with van der Waals surface area (Å²) in [5.74, 6) is 0.575. The topological polar surface area (TPSA) is 53.8 Å². The molecule has 2 heterocycles. The summed E-state index contributed by atoms with van der Waals surface area (Å²) in [7, 11) is 0. The van der Waals surface area contributed by atoms with Gasteiger partial charge in [-0.3, -0.25) is 0 Å². The molecule has 3 unspecified atom stereocenters. The van der Waals surface area contributed by atoms with Crippen LogP contribution < -0.4 is 11.1 Å². The van der Waals surface area contributed by atoms with E-state index in [1.807, 2.05) is 6.20 Å². The van der Waals surface area contributed by atoms with Crippen LogP contribution in [-0.4, -0.2) is 17.6 Å². The van der Waals surface area contributed by atoms with Crippen LogP contribution in [0.3, 0.4) is 0 Å². The van der Waals surface area contributed by atoms with Crippen LogP contribution in [0.15, 0.2) is 30.5 Å². The number of para-hydroxylation sites is 1. The third-order valence-electron chi connectivity index (χ3n) is 3.93. The summed E-state index contributed by atoms with van der Waals surface area (Å²) in [5.41, 5.74) is 8.66. The van der Waals surface area contributed by atoms with Gasteiger partial charge < -0.3 is 16.0 Å². The minimum atomic E-state index is 0.286. The van der Waals surface area contributed by atoms with Crippen molar-refractivity contribution in [3.63, 3.8) is 0 Å². The van der Waals surface area contributed by atoms with Gasteiger partial charge in [0.25, 0.3) is 0 Å². The number of nitrogens with one attached hydrogen (secondary N) is 2. The molecule has 0 radical (unpaired) electrons. The molecular weight excluding hydrogens is 210 g/mol. The van der Waals surface area contributed by atoms with Crippen molar-refractivity contribution in [3.05, 3.63) is 36.0 Å². The Kier molecular flexibility index (Phi) is 2.65. The highest BCUT2D eigenvalue weighted by Crippen LogP contribution is 2.30. The lowest BCUT2D eigenvalue weighted by Gasteiger charge is -2.33. The van der Waals surface area contributed by atoms with Crippen molar-refractivity contribution >= 4 is 10.9 Å². The molecule has 90 valence electrons. The molecule has 3 atom stereocenters. The molecule has 3 heteroatoms. The molecule has 2 aromatic rings. The number of rotatable bonds is 1. The zero-order valence-electron chi connectivity index (χ0n) is 10.1. The van der Waals surface area contributed by atoms with Crippen LogP contribution in [0.1, 0.15) is 24.9 Å². The molecule has 1 aliphatic rings. The maximum absolute atomic E-state index is 6.04. The standard InChI is InChI=1S/C14H19N3/c1-9-7-13(17-8-12(9)15)11-4-2-3-10-5-6-16-14(10)11/h2-6,9,12-13,16-17H,7-8,15H2,1H3. The Morgan fingerprint density at radius 1 is 1.29 bits per heavy atom. The second kappa shape index (κ2) is 4.17. The zero-order chi connectivity index (χ0) is 11.8. The predicted octanol–water partition coefficient (Wildman–Crippen LogP) is 2.17. The summed E-state index contributed by atoms with van der Waals surface area (Å²) in [5, 5.41) is 4.84. The highest BCUT2D eigenvalue weighted by Gasteiger charge is 2.26. The molecule has 0 bridgehead atoms. The van der Waals surface area contributed by atoms with Gasteiger partial charge in [-0.2, -0.15) is 0 Å². The van der Waals surface area contributed by atoms with E-state index in [2.05, 4.69) is 41.5 Å². The molecule has 1 aromatic carbocycles. The van der Waals surface area contributed by atoms with Gasteiger partial charge in [-0.1, -0.05) is 25.1 Å². The van der Waals surface area contributed by atoms with Crippen molar-refractivity contribution in [2.75, 3.05) is 6.54 Å². The Morgan fingerprint density at radius 3 is 3.00 bits per heavy atom. The first-order valence-electron chi connectivity index (χ1n) is 6.30. The Bertz CT molecular complexity index is 517. The molecule has 4 N–H and O–H groups in total. The van der Waals surface area contributed by atoms with Gasteiger partial charge in [0.15, 0.2) is 0 Å². The fourth-order valence-corrected chi connectivity index (χ4v) is 2.75. The van der Waals surface area contributed by atoms with Crippen molar-refractivity contribution in [1.29, 1.82) is 0 Å². The number of piperidine rings is 1. The van der Waals surface area contributed by atoms with E-state index < -0.39 is 0 Å². The number of aromatic nitrogens is 1. The van der Waals surface area contributed by atoms with Crippen molar-refractivity contribution in [1.82, 2.24) is 10.3 Å². The smallest absolute Gasteiger partial charge is 0.0502 e. The lowest BCUT2D eigenvalue weighted by Crippen LogP contribution is -2.46. The Hall–Kier alpha value is -1.32. The Labute approximate surface area is 101 Å². The second-order valence-corrected chi connectivity index (χ2v) is 5.13. The van der Waals surface area contributed by atoms with Gasteiger partial charge in [0.1, 0.15) is 0 Å². The third-order valence-corrected chi connectivity index (χ3v) is 3.93. The highest BCUT2D eigenvalue weighted by atomic mass is 15.0. The molecule has 0 amide bonds. The average Bonchev–Trinajstić information content (AvgIpc) is 2.80. The van der Waals surface area contributed by atoms with Crippen LogP contribution in [-0.2, 0) is 0 Å². The van der Waals surface area contributed by atoms with Gasteiger partial charge in [-0.25, -0.2) is 0 Å². The minimum absolute atomic E-state index is 0.286. The summed E-state index contributed by atoms with van der Waals surface area (Å²) >= 11 is 0. The summed E-state index contributed by atoms with van der Waals surface area (Å²) in [6.07, 6.45) is 3.12. The first-order valence-corrected chi connectivity index (χ1v) is 6.30. The number of nitrogens with two attached hydrogens (primary N) is 1. The molecule has 17 heavy (non-hydrogen) atoms. The SMILES string of the molecule is CC1CC(c2cccc3cc[nH]c23)NCC1N. The van der Waals surface area contributed by atoms with E-state index in [4.69, 9.17) is 5.73 Å². The van der Waals surface area contributed by atoms with Gasteiger partial charge >= 0.3 is 0 Å². The largest absolute Gasteiger partial charge is 0.361 e. The summed E-state index contributed by atoms with van der Waals surface area (Å²) in [6.45, 7) is 3.15. The van der Waals surface area contributed by atoms with Crippen molar-refractivity contribution in [3.8, 4) is 0 Å². The summed E-state index contributed by atoms with van der Waals surface area (Å²) < 4.78 is 0. The fraction of sp³-hybridized carbons (Fsp3) is 0.429. The normalized spacial score (nSPS) is 29.6. The average molecular weight is 229 g/mol. The van der Waals surface area contributed by atoms with E-state index in [1.165, 1.54) is 16.5 Å². The van der Waals surface area contributed by atoms with E-state index >= 15 is 0 Å². The zero-order valence-corrected chi connectivity index (χ0v) is 10.1. The monoisotopic (exact) mass is 229 g/mol. The van der Waals surface area contributed by atoms with Crippen LogP contribution in [0.5, 0.6) is 0 Å². The number of benzene rings is 1. The predicted molar refractivity (Wildman–Crippen MR) is 70.8 cm³/mol. The maximum atomic E-state index is 6.04. The van der Waals surface area contributed by atoms with Gasteiger partial charge in [-0.05, 0) is 29.4 Å². The van der Waals surface area contributed by atoms with Gasteiger partial charge in [0, 0.05) is 24.8 Å². The molecule has 1 aromatic heterocycles. The number of hydrogen-bond acceptors (Lipinski definition) is 2. The molecule has 3 rings (SSSR count). The Balaban J connectivity index is 1.96. The van der Waals surface area contributed by atoms with E-state index in [0.717, 1.165) is 13.0 Å². The number of H-pyrrole nitrogens is 1.